The molecule has 2 aromatic heterocycles. The molecule has 4 aromatic rings. The summed E-state index contributed by atoms with van der Waals surface area (Å²) < 4.78 is 41.9. The number of hydrogen-bond acceptors (Lipinski definition) is 8. The molecule has 1 fully saturated rings. The Hall–Kier alpha value is -4.21. The van der Waals surface area contributed by atoms with Crippen molar-refractivity contribution in [3.8, 4) is 6.07 Å². The van der Waals surface area contributed by atoms with Crippen molar-refractivity contribution < 1.29 is 13.2 Å². The van der Waals surface area contributed by atoms with Crippen LogP contribution in [-0.4, -0.2) is 38.5 Å². The Morgan fingerprint density at radius 1 is 1.21 bits per heavy atom. The molecular weight excluding hydrogens is 579 g/mol. The number of aryl methyl sites for hydroxylation is 1. The Kier molecular flexibility index (Phi) is 6.86. The maximum absolute atomic E-state index is 14.0. The Balaban J connectivity index is 1.47. The van der Waals surface area contributed by atoms with Gasteiger partial charge < -0.3 is 16.1 Å². The number of hydrogen-bond donors (Lipinski definition) is 5. The monoisotopic (exact) mass is 609 g/mol. The Morgan fingerprint density at radius 2 is 1.98 bits per heavy atom. The van der Waals surface area contributed by atoms with Crippen molar-refractivity contribution in [1.29, 1.82) is 5.26 Å². The molecule has 224 valence electrons. The second-order valence-electron chi connectivity index (χ2n) is 12.3. The predicted octanol–water partition coefficient (Wildman–Crippen LogP) is 6.82. The SMILES string of the molecule is Cc1n[nH]c2cccc([C@H](Nc3cc(Cl)c4ncc(C#N)c(NCC(C)(C)C)c4c3)C3=CN(C4(C(F)(F)F)CC4)NN3)c12. The molecule has 6 rings (SSSR count). The summed E-state index contributed by atoms with van der Waals surface area (Å²) in [5.41, 5.74) is 8.63. The van der Waals surface area contributed by atoms with Crippen LogP contribution in [0, 0.1) is 23.7 Å². The lowest BCUT2D eigenvalue weighted by Crippen LogP contribution is -2.52. The second-order valence-corrected chi connectivity index (χ2v) is 12.7. The zero-order chi connectivity index (χ0) is 30.7. The van der Waals surface area contributed by atoms with Crippen LogP contribution in [-0.2, 0) is 0 Å². The number of nitriles is 1. The molecule has 9 nitrogen and oxygen atoms in total. The third-order valence-corrected chi connectivity index (χ3v) is 8.17. The first-order chi connectivity index (χ1) is 20.3. The van der Waals surface area contributed by atoms with Crippen LogP contribution >= 0.6 is 11.6 Å². The van der Waals surface area contributed by atoms with Gasteiger partial charge in [-0.15, -0.1) is 5.53 Å². The van der Waals surface area contributed by atoms with E-state index in [1.807, 2.05) is 31.2 Å². The number of aromatic amines is 1. The number of pyridine rings is 1. The largest absolute Gasteiger partial charge is 0.413 e. The normalized spacial score (nSPS) is 17.0. The molecule has 0 bridgehead atoms. The molecule has 13 heteroatoms. The molecule has 0 radical (unpaired) electrons. The summed E-state index contributed by atoms with van der Waals surface area (Å²) in [4.78, 5) is 4.44. The lowest BCUT2D eigenvalue weighted by molar-refractivity contribution is -0.195. The molecule has 5 N–H and O–H groups in total. The fraction of sp³-hybridized carbons (Fsp3) is 0.367. The number of anilines is 2. The van der Waals surface area contributed by atoms with E-state index in [0.717, 1.165) is 27.2 Å². The number of aromatic nitrogens is 3. The van der Waals surface area contributed by atoms with E-state index in [-0.39, 0.29) is 18.3 Å². The van der Waals surface area contributed by atoms with Gasteiger partial charge in [-0.3, -0.25) is 15.1 Å². The Labute approximate surface area is 251 Å². The molecular formula is C30H31ClF3N9. The standard InChI is InChI=1S/C30H31ClF3N9/c1-16-24-19(6-5-7-22(24)40-39-16)27(23-14-43(42-41-23)29(8-9-29)30(32,33)34)38-18-10-20-25(37-15-28(2,3)4)17(12-35)13-36-26(20)21(31)11-18/h5-7,10-11,13-14,27,38,41-42H,8-9,15H2,1-4H3,(H,36,37)(H,39,40)/t27-/m0/s1. The van der Waals surface area contributed by atoms with Gasteiger partial charge >= 0.3 is 6.18 Å². The summed E-state index contributed by atoms with van der Waals surface area (Å²) in [5, 5.41) is 27.1. The smallest absolute Gasteiger partial charge is 0.383 e. The average molecular weight is 610 g/mol. The summed E-state index contributed by atoms with van der Waals surface area (Å²) in [5.74, 6) is 0. The van der Waals surface area contributed by atoms with Gasteiger partial charge in [-0.05, 0) is 48.9 Å². The van der Waals surface area contributed by atoms with Crippen molar-refractivity contribution >= 4 is 44.8 Å². The van der Waals surface area contributed by atoms with Crippen molar-refractivity contribution in [1.82, 2.24) is 31.2 Å². The average Bonchev–Trinajstić information content (AvgIpc) is 3.49. The van der Waals surface area contributed by atoms with E-state index >= 15 is 0 Å². The molecule has 1 saturated carbocycles. The first kappa shape index (κ1) is 28.9. The van der Waals surface area contributed by atoms with Gasteiger partial charge in [-0.2, -0.15) is 23.5 Å². The molecule has 1 aliphatic carbocycles. The summed E-state index contributed by atoms with van der Waals surface area (Å²) in [7, 11) is 0. The first-order valence-corrected chi connectivity index (χ1v) is 14.2. The minimum Gasteiger partial charge on any atom is -0.383 e. The first-order valence-electron chi connectivity index (χ1n) is 13.9. The van der Waals surface area contributed by atoms with Crippen LogP contribution in [0.3, 0.4) is 0 Å². The highest BCUT2D eigenvalue weighted by Gasteiger charge is 2.67. The third kappa shape index (κ3) is 5.17. The van der Waals surface area contributed by atoms with Gasteiger partial charge in [0.25, 0.3) is 0 Å². The predicted molar refractivity (Wildman–Crippen MR) is 161 cm³/mol. The number of fused-ring (bicyclic) bond motifs is 2. The number of alkyl halides is 3. The number of rotatable bonds is 7. The van der Waals surface area contributed by atoms with Gasteiger partial charge in [0.05, 0.1) is 44.7 Å². The van der Waals surface area contributed by atoms with Gasteiger partial charge in [0.15, 0.2) is 5.54 Å². The van der Waals surface area contributed by atoms with E-state index in [4.69, 9.17) is 11.6 Å². The van der Waals surface area contributed by atoms with Gasteiger partial charge in [0.1, 0.15) is 6.07 Å². The van der Waals surface area contributed by atoms with Gasteiger partial charge in [0.2, 0.25) is 0 Å². The van der Waals surface area contributed by atoms with Crippen LogP contribution in [0.25, 0.3) is 21.8 Å². The van der Waals surface area contributed by atoms with E-state index in [9.17, 15) is 18.4 Å². The van der Waals surface area contributed by atoms with Crippen molar-refractivity contribution in [2.45, 2.75) is 58.3 Å². The summed E-state index contributed by atoms with van der Waals surface area (Å²) in [6, 6.07) is 10.8. The molecule has 0 amide bonds. The van der Waals surface area contributed by atoms with E-state index in [1.54, 1.807) is 6.07 Å². The summed E-state index contributed by atoms with van der Waals surface area (Å²) in [6.45, 7) is 8.73. The Bertz CT molecular complexity index is 1800. The lowest BCUT2D eigenvalue weighted by Gasteiger charge is -2.28. The number of nitrogens with zero attached hydrogens (tertiary/aromatic N) is 4. The van der Waals surface area contributed by atoms with Crippen molar-refractivity contribution in [2.75, 3.05) is 17.2 Å². The van der Waals surface area contributed by atoms with Crippen LogP contribution in [0.4, 0.5) is 24.5 Å². The minimum absolute atomic E-state index is 0.00231. The van der Waals surface area contributed by atoms with Crippen LogP contribution in [0.15, 0.2) is 48.4 Å². The van der Waals surface area contributed by atoms with Crippen LogP contribution < -0.4 is 21.6 Å². The number of nitrogens with one attached hydrogen (secondary N) is 5. The van der Waals surface area contributed by atoms with E-state index < -0.39 is 17.8 Å². The number of benzene rings is 2. The Morgan fingerprint density at radius 3 is 2.65 bits per heavy atom. The van der Waals surface area contributed by atoms with Gasteiger partial charge in [-0.1, -0.05) is 44.5 Å². The summed E-state index contributed by atoms with van der Waals surface area (Å²) >= 11 is 6.75. The van der Waals surface area contributed by atoms with E-state index in [1.165, 1.54) is 12.4 Å². The zero-order valence-electron chi connectivity index (χ0n) is 24.0. The third-order valence-electron chi connectivity index (χ3n) is 7.88. The van der Waals surface area contributed by atoms with Gasteiger partial charge in [-0.25, -0.2) is 0 Å². The molecule has 43 heavy (non-hydrogen) atoms. The number of hydrazine groups is 2. The van der Waals surface area contributed by atoms with Crippen LogP contribution in [0.5, 0.6) is 0 Å². The van der Waals surface area contributed by atoms with Crippen molar-refractivity contribution in [2.24, 2.45) is 5.41 Å². The molecule has 1 atom stereocenters. The molecule has 0 unspecified atom stereocenters. The lowest BCUT2D eigenvalue weighted by atomic mass is 9.96. The molecule has 1 aliphatic heterocycles. The topological polar surface area (TPSA) is 117 Å². The molecule has 2 aliphatic rings. The van der Waals surface area contributed by atoms with E-state index in [2.05, 4.69) is 63.6 Å². The number of halogens is 4. The molecule has 2 aromatic carbocycles. The number of H-pyrrole nitrogens is 1. The minimum atomic E-state index is -4.40. The highest BCUT2D eigenvalue weighted by Crippen LogP contribution is 2.54. The zero-order valence-corrected chi connectivity index (χ0v) is 24.8. The molecule has 3 heterocycles. The quantitative estimate of drug-likeness (QED) is 0.155. The van der Waals surface area contributed by atoms with Crippen LogP contribution in [0.1, 0.15) is 56.5 Å². The highest BCUT2D eigenvalue weighted by molar-refractivity contribution is 6.35. The van der Waals surface area contributed by atoms with Crippen molar-refractivity contribution in [3.05, 3.63) is 70.3 Å². The van der Waals surface area contributed by atoms with E-state index in [0.29, 0.717) is 45.1 Å². The second kappa shape index (κ2) is 10.2. The molecule has 0 saturated heterocycles. The van der Waals surface area contributed by atoms with Gasteiger partial charge in [0, 0.05) is 35.4 Å². The van der Waals surface area contributed by atoms with Crippen LogP contribution in [0.2, 0.25) is 5.02 Å². The fourth-order valence-electron chi connectivity index (χ4n) is 5.45. The van der Waals surface area contributed by atoms with Crippen molar-refractivity contribution in [3.63, 3.8) is 0 Å². The maximum Gasteiger partial charge on any atom is 0.413 e. The molecule has 0 spiro atoms. The fourth-order valence-corrected chi connectivity index (χ4v) is 5.72. The maximum atomic E-state index is 14.0. The highest BCUT2D eigenvalue weighted by atomic mass is 35.5. The summed E-state index contributed by atoms with van der Waals surface area (Å²) in [6.07, 6.45) is -1.42.